The van der Waals surface area contributed by atoms with Crippen molar-refractivity contribution in [2.75, 3.05) is 20.4 Å². The van der Waals surface area contributed by atoms with Crippen LogP contribution in [0.2, 0.25) is 10.0 Å². The monoisotopic (exact) mass is 495 g/mol. The summed E-state index contributed by atoms with van der Waals surface area (Å²) in [5, 5.41) is 0.882. The van der Waals surface area contributed by atoms with E-state index in [2.05, 4.69) is 11.0 Å². The minimum Gasteiger partial charge on any atom is -0.496 e. The first-order valence-corrected chi connectivity index (χ1v) is 11.7. The number of rotatable bonds is 5. The van der Waals surface area contributed by atoms with Crippen molar-refractivity contribution in [2.45, 2.75) is 19.9 Å². The summed E-state index contributed by atoms with van der Waals surface area (Å²) in [6.07, 6.45) is 2.51. The number of allylic oxidation sites excluding steroid dienone is 1. The summed E-state index contributed by atoms with van der Waals surface area (Å²) < 4.78 is 17.7. The maximum atomic E-state index is 13.2. The molecule has 3 aromatic carbocycles. The third-order valence-corrected chi connectivity index (χ3v) is 6.86. The SMILES string of the molecule is COc1ccccc1CCN1COc2cc(C)c3c(c2C1)O/C(=C\c1ccc(Cl)c(Cl)c1)C3=O. The highest BCUT2D eigenvalue weighted by Crippen LogP contribution is 2.44. The zero-order valence-electron chi connectivity index (χ0n) is 18.9. The number of hydrogen-bond donors (Lipinski definition) is 0. The van der Waals surface area contributed by atoms with E-state index in [0.29, 0.717) is 34.6 Å². The van der Waals surface area contributed by atoms with Gasteiger partial charge in [-0.2, -0.15) is 0 Å². The predicted molar refractivity (Wildman–Crippen MR) is 133 cm³/mol. The molecule has 0 spiro atoms. The number of hydrogen-bond acceptors (Lipinski definition) is 5. The van der Waals surface area contributed by atoms with Gasteiger partial charge in [0.15, 0.2) is 5.76 Å². The number of ketones is 1. The van der Waals surface area contributed by atoms with Gasteiger partial charge in [0, 0.05) is 13.1 Å². The van der Waals surface area contributed by atoms with Crippen LogP contribution < -0.4 is 14.2 Å². The molecule has 0 radical (unpaired) electrons. The lowest BCUT2D eigenvalue weighted by atomic mass is 9.98. The Morgan fingerprint density at radius 2 is 1.94 bits per heavy atom. The number of methoxy groups -OCH3 is 1. The molecule has 5 nitrogen and oxygen atoms in total. The molecule has 0 N–H and O–H groups in total. The van der Waals surface area contributed by atoms with Gasteiger partial charge in [-0.25, -0.2) is 0 Å². The fraction of sp³-hybridized carbons (Fsp3) is 0.222. The number of nitrogens with zero attached hydrogens (tertiary/aromatic N) is 1. The zero-order valence-corrected chi connectivity index (χ0v) is 20.4. The average Bonchev–Trinajstić information content (AvgIpc) is 3.17. The van der Waals surface area contributed by atoms with Crippen LogP contribution in [0.15, 0.2) is 54.3 Å². The fourth-order valence-corrected chi connectivity index (χ4v) is 4.67. The lowest BCUT2D eigenvalue weighted by Crippen LogP contribution is -2.34. The summed E-state index contributed by atoms with van der Waals surface area (Å²) >= 11 is 12.2. The molecule has 2 aliphatic rings. The van der Waals surface area contributed by atoms with Crippen molar-refractivity contribution in [3.63, 3.8) is 0 Å². The highest BCUT2D eigenvalue weighted by Gasteiger charge is 2.35. The van der Waals surface area contributed by atoms with E-state index in [4.69, 9.17) is 37.4 Å². The topological polar surface area (TPSA) is 48.0 Å². The number of carbonyl (C=O) groups excluding carboxylic acids is 1. The van der Waals surface area contributed by atoms with Crippen LogP contribution >= 0.6 is 23.2 Å². The normalized spacial score (nSPS) is 16.1. The Labute approximate surface area is 208 Å². The molecule has 3 aromatic rings. The molecule has 5 rings (SSSR count). The molecule has 174 valence electrons. The molecule has 0 unspecified atom stereocenters. The maximum Gasteiger partial charge on any atom is 0.232 e. The quantitative estimate of drug-likeness (QED) is 0.387. The number of halogens is 2. The number of aryl methyl sites for hydroxylation is 1. The highest BCUT2D eigenvalue weighted by atomic mass is 35.5. The van der Waals surface area contributed by atoms with E-state index in [1.54, 1.807) is 31.4 Å². The van der Waals surface area contributed by atoms with Crippen LogP contribution in [0.1, 0.15) is 32.6 Å². The summed E-state index contributed by atoms with van der Waals surface area (Å²) in [6.45, 7) is 3.78. The van der Waals surface area contributed by atoms with E-state index in [9.17, 15) is 4.79 Å². The molecule has 0 saturated heterocycles. The summed E-state index contributed by atoms with van der Waals surface area (Å²) in [6, 6.07) is 15.1. The third-order valence-electron chi connectivity index (χ3n) is 6.12. The highest BCUT2D eigenvalue weighted by molar-refractivity contribution is 6.42. The lowest BCUT2D eigenvalue weighted by Gasteiger charge is -2.30. The minimum atomic E-state index is -0.146. The first-order chi connectivity index (χ1) is 16.4. The van der Waals surface area contributed by atoms with Crippen molar-refractivity contribution in [2.24, 2.45) is 0 Å². The van der Waals surface area contributed by atoms with Gasteiger partial charge >= 0.3 is 0 Å². The molecule has 2 aliphatic heterocycles. The van der Waals surface area contributed by atoms with E-state index >= 15 is 0 Å². The Bertz CT molecular complexity index is 1320. The number of benzene rings is 3. The van der Waals surface area contributed by atoms with Crippen LogP contribution in [-0.2, 0) is 13.0 Å². The van der Waals surface area contributed by atoms with E-state index in [1.807, 2.05) is 31.2 Å². The molecule has 0 saturated carbocycles. The Hall–Kier alpha value is -2.99. The minimum absolute atomic E-state index is 0.146. The Morgan fingerprint density at radius 1 is 1.12 bits per heavy atom. The van der Waals surface area contributed by atoms with Gasteiger partial charge in [-0.05, 0) is 60.4 Å². The second-order valence-electron chi connectivity index (χ2n) is 8.38. The van der Waals surface area contributed by atoms with Crippen molar-refractivity contribution in [3.05, 3.63) is 92.2 Å². The predicted octanol–water partition coefficient (Wildman–Crippen LogP) is 6.32. The van der Waals surface area contributed by atoms with Gasteiger partial charge in [0.25, 0.3) is 0 Å². The molecule has 0 aliphatic carbocycles. The zero-order chi connectivity index (χ0) is 23.8. The van der Waals surface area contributed by atoms with Gasteiger partial charge in [0.05, 0.1) is 28.3 Å². The smallest absolute Gasteiger partial charge is 0.232 e. The number of fused-ring (bicyclic) bond motifs is 3. The first-order valence-electron chi connectivity index (χ1n) is 11.0. The van der Waals surface area contributed by atoms with Crippen molar-refractivity contribution in [1.82, 2.24) is 4.90 Å². The molecule has 2 heterocycles. The Balaban J connectivity index is 1.40. The molecule has 7 heteroatoms. The number of Topliss-reactive ketones (excluding diaryl/α,β-unsaturated/α-hetero) is 1. The van der Waals surface area contributed by atoms with Gasteiger partial charge in [-0.3, -0.25) is 9.69 Å². The van der Waals surface area contributed by atoms with Gasteiger partial charge in [-0.15, -0.1) is 0 Å². The van der Waals surface area contributed by atoms with Gasteiger partial charge in [0.2, 0.25) is 5.78 Å². The van der Waals surface area contributed by atoms with Crippen molar-refractivity contribution >= 4 is 35.1 Å². The number of para-hydroxylation sites is 1. The van der Waals surface area contributed by atoms with Gasteiger partial charge in [0.1, 0.15) is 24.0 Å². The summed E-state index contributed by atoms with van der Waals surface area (Å²) in [7, 11) is 1.68. The van der Waals surface area contributed by atoms with Crippen LogP contribution in [0, 0.1) is 6.92 Å². The summed E-state index contributed by atoms with van der Waals surface area (Å²) in [5.74, 6) is 2.33. The molecule has 34 heavy (non-hydrogen) atoms. The second-order valence-corrected chi connectivity index (χ2v) is 9.19. The summed E-state index contributed by atoms with van der Waals surface area (Å²) in [4.78, 5) is 15.4. The molecule has 0 bridgehead atoms. The van der Waals surface area contributed by atoms with E-state index in [0.717, 1.165) is 46.7 Å². The van der Waals surface area contributed by atoms with Crippen LogP contribution in [0.4, 0.5) is 0 Å². The van der Waals surface area contributed by atoms with Crippen LogP contribution in [0.5, 0.6) is 17.2 Å². The Morgan fingerprint density at radius 3 is 2.74 bits per heavy atom. The molecular formula is C27H23Cl2NO4. The fourth-order valence-electron chi connectivity index (χ4n) is 4.36. The van der Waals surface area contributed by atoms with E-state index in [1.165, 1.54) is 0 Å². The molecule has 0 fully saturated rings. The standard InChI is InChI=1S/C27H23Cl2NO4/c1-16-11-23-19(14-30(15-33-23)10-9-18-5-3-4-6-22(18)32-2)27-25(16)26(31)24(34-27)13-17-7-8-20(28)21(29)12-17/h3-8,11-13H,9-10,14-15H2,1-2H3/b24-13-. The van der Waals surface area contributed by atoms with E-state index < -0.39 is 0 Å². The maximum absolute atomic E-state index is 13.2. The number of ether oxygens (including phenoxy) is 3. The third kappa shape index (κ3) is 4.27. The molecule has 0 amide bonds. The lowest BCUT2D eigenvalue weighted by molar-refractivity contribution is 0.0947. The second kappa shape index (κ2) is 9.34. The van der Waals surface area contributed by atoms with Crippen molar-refractivity contribution < 1.29 is 19.0 Å². The average molecular weight is 496 g/mol. The van der Waals surface area contributed by atoms with E-state index in [-0.39, 0.29) is 11.5 Å². The van der Waals surface area contributed by atoms with Crippen molar-refractivity contribution in [1.29, 1.82) is 0 Å². The van der Waals surface area contributed by atoms with Gasteiger partial charge < -0.3 is 14.2 Å². The molecular weight excluding hydrogens is 473 g/mol. The summed E-state index contributed by atoms with van der Waals surface area (Å²) in [5.41, 5.74) is 4.19. The van der Waals surface area contributed by atoms with Crippen molar-refractivity contribution in [3.8, 4) is 17.2 Å². The first kappa shape index (κ1) is 22.8. The van der Waals surface area contributed by atoms with Crippen LogP contribution in [0.3, 0.4) is 0 Å². The van der Waals surface area contributed by atoms with Gasteiger partial charge in [-0.1, -0.05) is 47.5 Å². The molecule has 0 aromatic heterocycles. The largest absolute Gasteiger partial charge is 0.496 e. The van der Waals surface area contributed by atoms with Crippen LogP contribution in [-0.4, -0.2) is 31.1 Å². The molecule has 0 atom stereocenters. The Kier molecular flexibility index (Phi) is 6.26. The van der Waals surface area contributed by atoms with Crippen LogP contribution in [0.25, 0.3) is 6.08 Å². The number of carbonyl (C=O) groups is 1.